The van der Waals surface area contributed by atoms with E-state index in [9.17, 15) is 4.79 Å². The van der Waals surface area contributed by atoms with Crippen LogP contribution in [0.15, 0.2) is 41.2 Å². The topological polar surface area (TPSA) is 31.2 Å². The van der Waals surface area contributed by atoms with Gasteiger partial charge in [0.05, 0.1) is 32.4 Å². The van der Waals surface area contributed by atoms with Crippen LogP contribution in [0.5, 0.6) is 5.75 Å². The Morgan fingerprint density at radius 2 is 1.86 bits per heavy atom. The number of halogens is 2. The summed E-state index contributed by atoms with van der Waals surface area (Å²) in [6, 6.07) is 10.8. The molecule has 0 unspecified atom stereocenters. The van der Waals surface area contributed by atoms with Crippen molar-refractivity contribution in [2.24, 2.45) is 0 Å². The molecule has 0 saturated carbocycles. The number of hydrogen-bond donors (Lipinski definition) is 0. The van der Waals surface area contributed by atoms with Gasteiger partial charge < -0.3 is 4.74 Å². The van der Waals surface area contributed by atoms with Gasteiger partial charge in [-0.15, -0.1) is 0 Å². The Balaban J connectivity index is 2.19. The van der Waals surface area contributed by atoms with E-state index in [-0.39, 0.29) is 5.56 Å². The lowest BCUT2D eigenvalue weighted by Crippen LogP contribution is -2.10. The van der Waals surface area contributed by atoms with E-state index in [2.05, 4.69) is 0 Å². The molecule has 0 saturated heterocycles. The summed E-state index contributed by atoms with van der Waals surface area (Å²) in [5.74, 6) is 0.443. The van der Waals surface area contributed by atoms with Crippen molar-refractivity contribution in [3.8, 4) is 11.4 Å². The number of fused-ring (bicyclic) bond motifs is 1. The van der Waals surface area contributed by atoms with Gasteiger partial charge in [0.1, 0.15) is 0 Å². The van der Waals surface area contributed by atoms with Crippen molar-refractivity contribution in [2.75, 3.05) is 6.61 Å². The first-order chi connectivity index (χ1) is 10.1. The molecule has 0 fully saturated rings. The van der Waals surface area contributed by atoms with Crippen molar-refractivity contribution in [1.82, 2.24) is 3.96 Å². The monoisotopic (exact) mass is 339 g/mol. The summed E-state index contributed by atoms with van der Waals surface area (Å²) < 4.78 is 7.90. The van der Waals surface area contributed by atoms with Gasteiger partial charge >= 0.3 is 0 Å². The quantitative estimate of drug-likeness (QED) is 0.688. The fraction of sp³-hybridized carbons (Fsp3) is 0.133. The highest BCUT2D eigenvalue weighted by Crippen LogP contribution is 2.36. The molecule has 3 aromatic rings. The number of rotatable bonds is 3. The van der Waals surface area contributed by atoms with E-state index in [1.165, 1.54) is 11.5 Å². The van der Waals surface area contributed by atoms with Gasteiger partial charge in [-0.1, -0.05) is 46.9 Å². The van der Waals surface area contributed by atoms with Crippen LogP contribution in [0.25, 0.3) is 15.8 Å². The smallest absolute Gasteiger partial charge is 0.273 e. The number of nitrogens with zero attached hydrogens (tertiary/aromatic N) is 1. The first-order valence-corrected chi connectivity index (χ1v) is 7.88. The predicted molar refractivity (Wildman–Crippen MR) is 88.6 cm³/mol. The highest BCUT2D eigenvalue weighted by Gasteiger charge is 2.14. The second-order valence-corrected chi connectivity index (χ2v) is 6.16. The molecule has 0 atom stereocenters. The Bertz CT molecular complexity index is 846. The molecule has 0 spiro atoms. The van der Waals surface area contributed by atoms with Crippen molar-refractivity contribution in [2.45, 2.75) is 6.92 Å². The molecule has 0 aliphatic rings. The Labute approximate surface area is 135 Å². The van der Waals surface area contributed by atoms with Crippen LogP contribution < -0.4 is 10.3 Å². The highest BCUT2D eigenvalue weighted by molar-refractivity contribution is 7.14. The van der Waals surface area contributed by atoms with E-state index in [4.69, 9.17) is 27.9 Å². The predicted octanol–water partition coefficient (Wildman–Crippen LogP) is 4.76. The lowest BCUT2D eigenvalue weighted by Gasteiger charge is -2.10. The van der Waals surface area contributed by atoms with E-state index in [0.717, 1.165) is 4.70 Å². The average Bonchev–Trinajstić information content (AvgIpc) is 2.80. The van der Waals surface area contributed by atoms with Gasteiger partial charge in [-0.2, -0.15) is 0 Å². The Morgan fingerprint density at radius 1 is 1.19 bits per heavy atom. The number of aromatic nitrogens is 1. The van der Waals surface area contributed by atoms with Crippen molar-refractivity contribution >= 4 is 44.8 Å². The average molecular weight is 340 g/mol. The van der Waals surface area contributed by atoms with Crippen LogP contribution in [0, 0.1) is 0 Å². The molecule has 21 heavy (non-hydrogen) atoms. The van der Waals surface area contributed by atoms with Crippen molar-refractivity contribution in [3.05, 3.63) is 56.8 Å². The third-order valence-electron chi connectivity index (χ3n) is 3.00. The van der Waals surface area contributed by atoms with Gasteiger partial charge in [0.25, 0.3) is 5.56 Å². The minimum absolute atomic E-state index is 0.0770. The minimum Gasteiger partial charge on any atom is -0.491 e. The minimum atomic E-state index is -0.0770. The Morgan fingerprint density at radius 3 is 2.48 bits per heavy atom. The second kappa shape index (κ2) is 5.72. The number of hydrogen-bond acceptors (Lipinski definition) is 3. The van der Waals surface area contributed by atoms with E-state index >= 15 is 0 Å². The molecular weight excluding hydrogens is 329 g/mol. The van der Waals surface area contributed by atoms with Crippen molar-refractivity contribution in [3.63, 3.8) is 0 Å². The molecule has 0 aliphatic carbocycles. The summed E-state index contributed by atoms with van der Waals surface area (Å²) in [4.78, 5) is 12.4. The summed E-state index contributed by atoms with van der Waals surface area (Å²) in [5, 5.41) is 1.47. The van der Waals surface area contributed by atoms with Crippen LogP contribution in [0.4, 0.5) is 0 Å². The SMILES string of the molecule is CCOc1c(Cl)cc(-n2sc3ccccc3c2=O)cc1Cl. The van der Waals surface area contributed by atoms with Gasteiger partial charge in [-0.25, -0.2) is 3.96 Å². The van der Waals surface area contributed by atoms with Crippen LogP contribution >= 0.6 is 34.7 Å². The van der Waals surface area contributed by atoms with Crippen LogP contribution in [0.1, 0.15) is 6.92 Å². The Kier molecular flexibility index (Phi) is 3.93. The molecule has 0 bridgehead atoms. The van der Waals surface area contributed by atoms with Crippen molar-refractivity contribution in [1.29, 1.82) is 0 Å². The van der Waals surface area contributed by atoms with Gasteiger partial charge in [-0.05, 0) is 31.2 Å². The molecule has 108 valence electrons. The molecule has 1 heterocycles. The number of benzene rings is 2. The molecule has 3 nitrogen and oxygen atoms in total. The maximum absolute atomic E-state index is 12.4. The van der Waals surface area contributed by atoms with E-state index in [1.54, 1.807) is 16.1 Å². The largest absolute Gasteiger partial charge is 0.491 e. The van der Waals surface area contributed by atoms with Crippen molar-refractivity contribution < 1.29 is 4.74 Å². The van der Waals surface area contributed by atoms with E-state index < -0.39 is 0 Å². The summed E-state index contributed by atoms with van der Waals surface area (Å²) in [6.45, 7) is 2.33. The lowest BCUT2D eigenvalue weighted by molar-refractivity contribution is 0.340. The molecule has 0 N–H and O–H groups in total. The zero-order valence-electron chi connectivity index (χ0n) is 11.1. The second-order valence-electron chi connectivity index (χ2n) is 4.36. The molecule has 6 heteroatoms. The van der Waals surface area contributed by atoms with Gasteiger partial charge in [-0.3, -0.25) is 4.79 Å². The molecule has 3 rings (SSSR count). The summed E-state index contributed by atoms with van der Waals surface area (Å²) in [5.41, 5.74) is 0.562. The normalized spacial score (nSPS) is 11.0. The van der Waals surface area contributed by atoms with Crippen LogP contribution in [-0.4, -0.2) is 10.6 Å². The molecule has 0 aliphatic heterocycles. The fourth-order valence-corrected chi connectivity index (χ4v) is 3.65. The van der Waals surface area contributed by atoms with Crippen LogP contribution in [-0.2, 0) is 0 Å². The zero-order chi connectivity index (χ0) is 15.0. The third kappa shape index (κ3) is 2.55. The Hall–Kier alpha value is -1.49. The maximum Gasteiger partial charge on any atom is 0.273 e. The molecule has 0 amide bonds. The van der Waals surface area contributed by atoms with E-state index in [1.807, 2.05) is 31.2 Å². The first kappa shape index (κ1) is 14.4. The van der Waals surface area contributed by atoms with E-state index in [0.29, 0.717) is 33.5 Å². The van der Waals surface area contributed by atoms with Crippen LogP contribution in [0.3, 0.4) is 0 Å². The lowest BCUT2D eigenvalue weighted by atomic mass is 10.2. The zero-order valence-corrected chi connectivity index (χ0v) is 13.4. The van der Waals surface area contributed by atoms with Gasteiger partial charge in [0.15, 0.2) is 5.75 Å². The fourth-order valence-electron chi connectivity index (χ4n) is 2.09. The van der Waals surface area contributed by atoms with Gasteiger partial charge in [0, 0.05) is 0 Å². The maximum atomic E-state index is 12.4. The summed E-state index contributed by atoms with van der Waals surface area (Å²) in [6.07, 6.45) is 0. The molecule has 2 aromatic carbocycles. The first-order valence-electron chi connectivity index (χ1n) is 6.35. The van der Waals surface area contributed by atoms with Gasteiger partial charge in [0.2, 0.25) is 0 Å². The molecular formula is C15H11Cl2NO2S. The molecule has 0 radical (unpaired) electrons. The number of ether oxygens (including phenoxy) is 1. The third-order valence-corrected chi connectivity index (χ3v) is 4.67. The molecule has 1 aromatic heterocycles. The summed E-state index contributed by atoms with van der Waals surface area (Å²) in [7, 11) is 0. The highest BCUT2D eigenvalue weighted by atomic mass is 35.5. The standard InChI is InChI=1S/C15H11Cl2NO2S/c1-2-20-14-11(16)7-9(8-12(14)17)18-15(19)10-5-3-4-6-13(10)21-18/h3-8H,2H2,1H3. The van der Waals surface area contributed by atoms with Crippen LogP contribution in [0.2, 0.25) is 10.0 Å². The summed E-state index contributed by atoms with van der Waals surface area (Å²) >= 11 is 13.7.